The van der Waals surface area contributed by atoms with Crippen LogP contribution in [0.1, 0.15) is 63.0 Å². The van der Waals surface area contributed by atoms with E-state index in [2.05, 4.69) is 33.6 Å². The summed E-state index contributed by atoms with van der Waals surface area (Å²) in [5, 5.41) is 9.84. The van der Waals surface area contributed by atoms with Crippen LogP contribution in [0.25, 0.3) is 5.69 Å². The summed E-state index contributed by atoms with van der Waals surface area (Å²) in [5.41, 5.74) is 1.07. The Bertz CT molecular complexity index is 900. The van der Waals surface area contributed by atoms with Crippen molar-refractivity contribution in [1.29, 1.82) is 0 Å². The second-order valence-electron chi connectivity index (χ2n) is 7.64. The summed E-state index contributed by atoms with van der Waals surface area (Å²) in [6.07, 6.45) is 6.02. The summed E-state index contributed by atoms with van der Waals surface area (Å²) in [6.45, 7) is 4.30. The molecule has 4 rings (SSSR count). The molecule has 0 aliphatic heterocycles. The number of nitrogens with zero attached hydrogens (tertiary/aromatic N) is 4. The van der Waals surface area contributed by atoms with E-state index in [1.807, 2.05) is 42.5 Å². The lowest BCUT2D eigenvalue weighted by molar-refractivity contribution is 0.139. The maximum atomic E-state index is 6.09. The van der Waals surface area contributed by atoms with E-state index in [1.165, 1.54) is 0 Å². The van der Waals surface area contributed by atoms with E-state index in [9.17, 15) is 0 Å². The van der Waals surface area contributed by atoms with Crippen molar-refractivity contribution in [3.8, 4) is 11.6 Å². The molecule has 1 saturated carbocycles. The number of ether oxygens (including phenoxy) is 1. The second kappa shape index (κ2) is 8.31. The highest BCUT2D eigenvalue weighted by molar-refractivity contribution is 6.30. The minimum Gasteiger partial charge on any atom is -0.474 e. The zero-order chi connectivity index (χ0) is 19.5. The van der Waals surface area contributed by atoms with Crippen LogP contribution in [-0.2, 0) is 0 Å². The summed E-state index contributed by atoms with van der Waals surface area (Å²) in [7, 11) is 0. The van der Waals surface area contributed by atoms with E-state index >= 15 is 0 Å². The molecule has 1 aliphatic carbocycles. The normalized spacial score (nSPS) is 19.7. The number of rotatable bonds is 5. The van der Waals surface area contributed by atoms with Crippen molar-refractivity contribution in [2.24, 2.45) is 0 Å². The van der Waals surface area contributed by atoms with E-state index in [0.29, 0.717) is 17.7 Å². The van der Waals surface area contributed by atoms with Gasteiger partial charge >= 0.3 is 0 Å². The highest BCUT2D eigenvalue weighted by Gasteiger charge is 2.29. The van der Waals surface area contributed by atoms with Crippen molar-refractivity contribution < 1.29 is 4.74 Å². The van der Waals surface area contributed by atoms with Crippen LogP contribution >= 0.6 is 11.6 Å². The first-order valence-electron chi connectivity index (χ1n) is 9.90. The SMILES string of the molecule is CC(C)c1nnc(C2CCC(Oc3ccccn3)CC2)n1-c1ccc(Cl)cc1. The molecule has 5 nitrogen and oxygen atoms in total. The fourth-order valence-electron chi connectivity index (χ4n) is 3.83. The van der Waals surface area contributed by atoms with Crippen molar-refractivity contribution in [3.63, 3.8) is 0 Å². The van der Waals surface area contributed by atoms with Crippen molar-refractivity contribution in [3.05, 3.63) is 65.3 Å². The Morgan fingerprint density at radius 1 is 1.00 bits per heavy atom. The van der Waals surface area contributed by atoms with Crippen molar-refractivity contribution in [2.75, 3.05) is 0 Å². The van der Waals surface area contributed by atoms with Crippen LogP contribution in [0, 0.1) is 0 Å². The molecule has 0 bridgehead atoms. The zero-order valence-electron chi connectivity index (χ0n) is 16.3. The molecule has 0 amide bonds. The number of benzene rings is 1. The lowest BCUT2D eigenvalue weighted by atomic mass is 9.86. The lowest BCUT2D eigenvalue weighted by Crippen LogP contribution is -2.25. The van der Waals surface area contributed by atoms with Crippen LogP contribution < -0.4 is 4.74 Å². The van der Waals surface area contributed by atoms with Gasteiger partial charge in [-0.3, -0.25) is 4.57 Å². The molecule has 0 atom stereocenters. The van der Waals surface area contributed by atoms with E-state index < -0.39 is 0 Å². The molecule has 6 heteroatoms. The van der Waals surface area contributed by atoms with Crippen LogP contribution in [0.5, 0.6) is 5.88 Å². The second-order valence-corrected chi connectivity index (χ2v) is 8.08. The van der Waals surface area contributed by atoms with Crippen molar-refractivity contribution in [1.82, 2.24) is 19.7 Å². The van der Waals surface area contributed by atoms with E-state index in [4.69, 9.17) is 16.3 Å². The predicted molar refractivity (Wildman–Crippen MR) is 110 cm³/mol. The molecule has 2 heterocycles. The van der Waals surface area contributed by atoms with Gasteiger partial charge < -0.3 is 4.74 Å². The fraction of sp³-hybridized carbons (Fsp3) is 0.409. The van der Waals surface area contributed by atoms with E-state index in [-0.39, 0.29) is 6.10 Å². The third-order valence-corrected chi connectivity index (χ3v) is 5.53. The Labute approximate surface area is 170 Å². The van der Waals surface area contributed by atoms with Gasteiger partial charge in [-0.2, -0.15) is 0 Å². The van der Waals surface area contributed by atoms with Gasteiger partial charge in [0, 0.05) is 34.8 Å². The van der Waals surface area contributed by atoms with Gasteiger partial charge in [0.2, 0.25) is 5.88 Å². The first-order valence-corrected chi connectivity index (χ1v) is 10.3. The summed E-state index contributed by atoms with van der Waals surface area (Å²) in [5.74, 6) is 3.41. The van der Waals surface area contributed by atoms with Gasteiger partial charge in [0.05, 0.1) is 0 Å². The van der Waals surface area contributed by atoms with Gasteiger partial charge in [-0.1, -0.05) is 31.5 Å². The molecule has 0 N–H and O–H groups in total. The topological polar surface area (TPSA) is 52.8 Å². The Kier molecular flexibility index (Phi) is 5.62. The van der Waals surface area contributed by atoms with Crippen LogP contribution in [0.4, 0.5) is 0 Å². The van der Waals surface area contributed by atoms with E-state index in [0.717, 1.165) is 48.0 Å². The molecule has 0 radical (unpaired) electrons. The van der Waals surface area contributed by atoms with Gasteiger partial charge in [0.25, 0.3) is 0 Å². The lowest BCUT2D eigenvalue weighted by Gasteiger charge is -2.28. The van der Waals surface area contributed by atoms with Gasteiger partial charge in [0.15, 0.2) is 0 Å². The monoisotopic (exact) mass is 396 g/mol. The maximum Gasteiger partial charge on any atom is 0.213 e. The molecule has 3 aromatic rings. The Morgan fingerprint density at radius 3 is 2.39 bits per heavy atom. The zero-order valence-corrected chi connectivity index (χ0v) is 17.0. The largest absolute Gasteiger partial charge is 0.474 e. The van der Waals surface area contributed by atoms with Crippen molar-refractivity contribution >= 4 is 11.6 Å². The number of hydrogen-bond acceptors (Lipinski definition) is 4. The summed E-state index contributed by atoms with van der Waals surface area (Å²) in [4.78, 5) is 4.27. The summed E-state index contributed by atoms with van der Waals surface area (Å²) < 4.78 is 8.26. The average molecular weight is 397 g/mol. The fourth-order valence-corrected chi connectivity index (χ4v) is 3.95. The Hall–Kier alpha value is -2.40. The molecule has 1 aliphatic rings. The van der Waals surface area contributed by atoms with Gasteiger partial charge in [-0.05, 0) is 56.0 Å². The van der Waals surface area contributed by atoms with Gasteiger partial charge in [0.1, 0.15) is 17.8 Å². The smallest absolute Gasteiger partial charge is 0.213 e. The van der Waals surface area contributed by atoms with Crippen LogP contribution in [0.15, 0.2) is 48.7 Å². The molecule has 0 saturated heterocycles. The van der Waals surface area contributed by atoms with Crippen LogP contribution in [0.2, 0.25) is 5.02 Å². The van der Waals surface area contributed by atoms with E-state index in [1.54, 1.807) is 6.20 Å². The number of aromatic nitrogens is 4. The first-order chi connectivity index (χ1) is 13.6. The molecule has 28 heavy (non-hydrogen) atoms. The maximum absolute atomic E-state index is 6.09. The molecule has 1 fully saturated rings. The molecular weight excluding hydrogens is 372 g/mol. The molecule has 0 spiro atoms. The first kappa shape index (κ1) is 18.9. The van der Waals surface area contributed by atoms with Gasteiger partial charge in [-0.25, -0.2) is 4.98 Å². The van der Waals surface area contributed by atoms with Crippen LogP contribution in [0.3, 0.4) is 0 Å². The third kappa shape index (κ3) is 4.04. The number of pyridine rings is 1. The average Bonchev–Trinajstić information content (AvgIpc) is 3.15. The molecule has 1 aromatic carbocycles. The quantitative estimate of drug-likeness (QED) is 0.567. The van der Waals surface area contributed by atoms with Crippen LogP contribution in [-0.4, -0.2) is 25.9 Å². The standard InChI is InChI=1S/C22H25ClN4O/c1-15(2)21-25-26-22(27(21)18-10-8-17(23)9-11-18)16-6-12-19(13-7-16)28-20-5-3-4-14-24-20/h3-5,8-11,14-16,19H,6-7,12-13H2,1-2H3. The molecule has 0 unspecified atom stereocenters. The number of hydrogen-bond donors (Lipinski definition) is 0. The summed E-state index contributed by atoms with van der Waals surface area (Å²) in [6, 6.07) is 13.7. The number of halogens is 1. The minimum atomic E-state index is 0.211. The highest BCUT2D eigenvalue weighted by atomic mass is 35.5. The molecule has 2 aromatic heterocycles. The Balaban J connectivity index is 1.53. The van der Waals surface area contributed by atoms with Crippen molar-refractivity contribution in [2.45, 2.75) is 57.5 Å². The predicted octanol–water partition coefficient (Wildman–Crippen LogP) is 5.54. The highest BCUT2D eigenvalue weighted by Crippen LogP contribution is 2.35. The summed E-state index contributed by atoms with van der Waals surface area (Å²) >= 11 is 6.09. The molecular formula is C22H25ClN4O. The third-order valence-electron chi connectivity index (χ3n) is 5.28. The Morgan fingerprint density at radius 2 is 1.75 bits per heavy atom. The minimum absolute atomic E-state index is 0.211. The van der Waals surface area contributed by atoms with Gasteiger partial charge in [-0.15, -0.1) is 10.2 Å². The molecule has 146 valence electrons.